The smallest absolute Gasteiger partial charge is 0.251 e. The molecule has 0 aromatic rings. The van der Waals surface area contributed by atoms with Crippen LogP contribution < -0.4 is 33.6 Å². The van der Waals surface area contributed by atoms with Gasteiger partial charge in [-0.25, -0.2) is 0 Å². The Balaban J connectivity index is 4.73. The molecule has 266 valence electrons. The molecule has 0 aromatic heterocycles. The van der Waals surface area contributed by atoms with Crippen molar-refractivity contribution in [3.8, 4) is 0 Å². The van der Waals surface area contributed by atoms with E-state index in [4.69, 9.17) is 22.9 Å². The standard InChI is InChI=1S/C35H73N7O3/c1-2-3-4-5-6-7-8-9-10-11-12-13-14-15-16-24-33(43)42(30-18-17-28-40-29-21-27-38)35(45)32(23-20-26-37)41-34(44)31(39)22-19-25-36/h31-32,40H,2-30,36-39H2,1H3,(H,41,44)/t31-,32-/m0/s1. The predicted molar refractivity (Wildman–Crippen MR) is 189 cm³/mol. The summed E-state index contributed by atoms with van der Waals surface area (Å²) >= 11 is 0. The number of unbranched alkanes of at least 4 members (excludes halogenated alkanes) is 15. The lowest BCUT2D eigenvalue weighted by Gasteiger charge is -2.27. The maximum Gasteiger partial charge on any atom is 0.251 e. The minimum atomic E-state index is -0.822. The van der Waals surface area contributed by atoms with Crippen molar-refractivity contribution in [1.82, 2.24) is 15.5 Å². The molecule has 10 nitrogen and oxygen atoms in total. The van der Waals surface area contributed by atoms with Gasteiger partial charge < -0.3 is 33.6 Å². The van der Waals surface area contributed by atoms with Gasteiger partial charge in [-0.2, -0.15) is 0 Å². The van der Waals surface area contributed by atoms with Crippen LogP contribution in [0.4, 0.5) is 0 Å². The van der Waals surface area contributed by atoms with Crippen molar-refractivity contribution < 1.29 is 14.4 Å². The fraction of sp³-hybridized carbons (Fsp3) is 0.914. The van der Waals surface area contributed by atoms with E-state index >= 15 is 0 Å². The molecular formula is C35H73N7O3. The van der Waals surface area contributed by atoms with E-state index in [1.807, 2.05) is 0 Å². The van der Waals surface area contributed by atoms with Gasteiger partial charge in [-0.15, -0.1) is 0 Å². The summed E-state index contributed by atoms with van der Waals surface area (Å²) in [5.74, 6) is -0.909. The minimum Gasteiger partial charge on any atom is -0.343 e. The fourth-order valence-electron chi connectivity index (χ4n) is 5.53. The minimum absolute atomic E-state index is 0.162. The topological polar surface area (TPSA) is 183 Å². The lowest BCUT2D eigenvalue weighted by atomic mass is 10.0. The number of amides is 3. The zero-order chi connectivity index (χ0) is 33.4. The highest BCUT2D eigenvalue weighted by Gasteiger charge is 2.30. The van der Waals surface area contributed by atoms with E-state index in [-0.39, 0.29) is 11.8 Å². The molecule has 10 N–H and O–H groups in total. The van der Waals surface area contributed by atoms with Crippen molar-refractivity contribution in [2.24, 2.45) is 22.9 Å². The summed E-state index contributed by atoms with van der Waals surface area (Å²) in [4.78, 5) is 41.2. The second kappa shape index (κ2) is 32.4. The van der Waals surface area contributed by atoms with Crippen LogP contribution in [0.5, 0.6) is 0 Å². The van der Waals surface area contributed by atoms with Crippen molar-refractivity contribution in [3.63, 3.8) is 0 Å². The molecule has 0 fully saturated rings. The van der Waals surface area contributed by atoms with Crippen LogP contribution in [-0.4, -0.2) is 74.0 Å². The van der Waals surface area contributed by atoms with Crippen LogP contribution >= 0.6 is 0 Å². The van der Waals surface area contributed by atoms with E-state index < -0.39 is 18.0 Å². The SMILES string of the molecule is CCCCCCCCCCCCCCCCCC(=O)N(CCCCNCCCN)C(=O)[C@H](CCCN)NC(=O)[C@@H](N)CCCN. The number of nitrogens with two attached hydrogens (primary N) is 4. The van der Waals surface area contributed by atoms with Gasteiger partial charge in [0.25, 0.3) is 5.91 Å². The molecule has 0 aromatic carbocycles. The number of carbonyl (C=O) groups is 3. The van der Waals surface area contributed by atoms with Crippen LogP contribution in [0.15, 0.2) is 0 Å². The molecule has 0 rings (SSSR count). The van der Waals surface area contributed by atoms with E-state index in [9.17, 15) is 14.4 Å². The van der Waals surface area contributed by atoms with Gasteiger partial charge in [0.1, 0.15) is 6.04 Å². The molecule has 3 amide bonds. The first-order valence-electron chi connectivity index (χ1n) is 18.6. The number of hydrogen-bond acceptors (Lipinski definition) is 8. The zero-order valence-corrected chi connectivity index (χ0v) is 29.1. The molecule has 0 bridgehead atoms. The summed E-state index contributed by atoms with van der Waals surface area (Å²) in [6.07, 6.45) is 23.7. The molecule has 0 radical (unpaired) electrons. The van der Waals surface area contributed by atoms with Crippen LogP contribution in [-0.2, 0) is 14.4 Å². The predicted octanol–water partition coefficient (Wildman–Crippen LogP) is 4.61. The van der Waals surface area contributed by atoms with Gasteiger partial charge in [0.2, 0.25) is 11.8 Å². The van der Waals surface area contributed by atoms with Gasteiger partial charge in [-0.05, 0) is 84.1 Å². The number of rotatable bonds is 33. The average molecular weight is 640 g/mol. The Kier molecular flexibility index (Phi) is 31.2. The first-order chi connectivity index (χ1) is 21.9. The van der Waals surface area contributed by atoms with Crippen LogP contribution in [0.1, 0.15) is 155 Å². The molecule has 0 aliphatic carbocycles. The summed E-state index contributed by atoms with van der Waals surface area (Å²) in [7, 11) is 0. The van der Waals surface area contributed by atoms with E-state index in [0.717, 1.165) is 45.2 Å². The van der Waals surface area contributed by atoms with Crippen molar-refractivity contribution in [3.05, 3.63) is 0 Å². The maximum absolute atomic E-state index is 13.7. The number of hydrogen-bond donors (Lipinski definition) is 6. The molecule has 0 spiro atoms. The highest BCUT2D eigenvalue weighted by atomic mass is 16.2. The molecule has 0 unspecified atom stereocenters. The van der Waals surface area contributed by atoms with E-state index in [2.05, 4.69) is 17.6 Å². The highest BCUT2D eigenvalue weighted by Crippen LogP contribution is 2.15. The number of carbonyl (C=O) groups excluding carboxylic acids is 3. The van der Waals surface area contributed by atoms with E-state index in [1.165, 1.54) is 81.9 Å². The van der Waals surface area contributed by atoms with Crippen LogP contribution in [0.25, 0.3) is 0 Å². The third kappa shape index (κ3) is 25.2. The third-order valence-electron chi connectivity index (χ3n) is 8.47. The molecule has 0 aliphatic heterocycles. The molecule has 2 atom stereocenters. The normalized spacial score (nSPS) is 12.6. The van der Waals surface area contributed by atoms with E-state index in [0.29, 0.717) is 64.7 Å². The fourth-order valence-corrected chi connectivity index (χ4v) is 5.53. The lowest BCUT2D eigenvalue weighted by Crippen LogP contribution is -2.54. The zero-order valence-electron chi connectivity index (χ0n) is 29.1. The Morgan fingerprint density at radius 2 is 1.09 bits per heavy atom. The second-order valence-electron chi connectivity index (χ2n) is 12.7. The summed E-state index contributed by atoms with van der Waals surface area (Å²) in [5, 5.41) is 6.16. The molecule has 0 aliphatic rings. The Morgan fingerprint density at radius 1 is 0.600 bits per heavy atom. The summed E-state index contributed by atoms with van der Waals surface area (Å²) in [5.41, 5.74) is 22.9. The number of imide groups is 1. The van der Waals surface area contributed by atoms with Gasteiger partial charge in [-0.3, -0.25) is 19.3 Å². The first-order valence-corrected chi connectivity index (χ1v) is 18.6. The molecule has 0 heterocycles. The average Bonchev–Trinajstić information content (AvgIpc) is 3.04. The van der Waals surface area contributed by atoms with Gasteiger partial charge in [0.05, 0.1) is 6.04 Å². The quantitative estimate of drug-likeness (QED) is 0.0563. The third-order valence-corrected chi connectivity index (χ3v) is 8.47. The molecular weight excluding hydrogens is 566 g/mol. The van der Waals surface area contributed by atoms with E-state index in [1.54, 1.807) is 0 Å². The Bertz CT molecular complexity index is 711. The Morgan fingerprint density at radius 3 is 1.62 bits per heavy atom. The van der Waals surface area contributed by atoms with Crippen molar-refractivity contribution in [2.75, 3.05) is 39.3 Å². The summed E-state index contributed by atoms with van der Waals surface area (Å²) in [6.45, 7) is 5.74. The molecule has 10 heteroatoms. The Labute approximate surface area is 276 Å². The maximum atomic E-state index is 13.7. The molecule has 0 saturated carbocycles. The molecule has 45 heavy (non-hydrogen) atoms. The number of nitrogens with one attached hydrogen (secondary N) is 2. The van der Waals surface area contributed by atoms with Crippen molar-refractivity contribution in [2.45, 2.75) is 167 Å². The lowest BCUT2D eigenvalue weighted by molar-refractivity contribution is -0.147. The summed E-state index contributed by atoms with van der Waals surface area (Å²) < 4.78 is 0. The van der Waals surface area contributed by atoms with Gasteiger partial charge in [0.15, 0.2) is 0 Å². The summed E-state index contributed by atoms with van der Waals surface area (Å²) in [6, 6.07) is -1.57. The van der Waals surface area contributed by atoms with Gasteiger partial charge >= 0.3 is 0 Å². The monoisotopic (exact) mass is 640 g/mol. The van der Waals surface area contributed by atoms with Crippen LogP contribution in [0.2, 0.25) is 0 Å². The number of nitrogens with zero attached hydrogens (tertiary/aromatic N) is 1. The molecule has 0 saturated heterocycles. The van der Waals surface area contributed by atoms with Crippen LogP contribution in [0.3, 0.4) is 0 Å². The first kappa shape index (κ1) is 43.4. The Hall–Kier alpha value is -1.59. The van der Waals surface area contributed by atoms with Crippen molar-refractivity contribution in [1.29, 1.82) is 0 Å². The van der Waals surface area contributed by atoms with Gasteiger partial charge in [0, 0.05) is 13.0 Å². The van der Waals surface area contributed by atoms with Crippen LogP contribution in [0, 0.1) is 0 Å². The van der Waals surface area contributed by atoms with Gasteiger partial charge in [-0.1, -0.05) is 96.8 Å². The van der Waals surface area contributed by atoms with Crippen molar-refractivity contribution >= 4 is 17.7 Å². The highest BCUT2D eigenvalue weighted by molar-refractivity contribution is 5.99. The largest absolute Gasteiger partial charge is 0.343 e. The second-order valence-corrected chi connectivity index (χ2v) is 12.7.